The predicted molar refractivity (Wildman–Crippen MR) is 58.5 cm³/mol. The molecule has 4 heteroatoms. The summed E-state index contributed by atoms with van der Waals surface area (Å²) in [4.78, 5) is 3.89. The molecule has 0 amide bonds. The Balaban J connectivity index is 2.15. The summed E-state index contributed by atoms with van der Waals surface area (Å²) in [5.74, 6) is 0.785. The number of rotatable bonds is 3. The summed E-state index contributed by atoms with van der Waals surface area (Å²) in [5.41, 5.74) is 6.95. The molecule has 14 heavy (non-hydrogen) atoms. The van der Waals surface area contributed by atoms with E-state index in [1.165, 1.54) is 12.8 Å². The van der Waals surface area contributed by atoms with Crippen LogP contribution in [0.3, 0.4) is 0 Å². The zero-order valence-corrected chi connectivity index (χ0v) is 9.22. The fourth-order valence-corrected chi connectivity index (χ4v) is 1.96. The molecule has 1 heterocycles. The molecule has 1 aromatic rings. The Hall–Kier alpha value is -0.310. The van der Waals surface area contributed by atoms with Crippen molar-refractivity contribution in [1.29, 1.82) is 0 Å². The minimum absolute atomic E-state index is 0.00417. The third-order valence-electron chi connectivity index (χ3n) is 2.54. The summed E-state index contributed by atoms with van der Waals surface area (Å²) < 4.78 is 0. The number of halogens is 2. The second-order valence-electron chi connectivity index (χ2n) is 3.81. The first kappa shape index (κ1) is 10.2. The van der Waals surface area contributed by atoms with E-state index in [0.717, 1.165) is 17.9 Å². The van der Waals surface area contributed by atoms with Crippen molar-refractivity contribution in [2.45, 2.75) is 25.3 Å². The molecule has 1 atom stereocenters. The second kappa shape index (κ2) is 4.05. The molecule has 2 N–H and O–H groups in total. The van der Waals surface area contributed by atoms with Crippen LogP contribution in [-0.2, 0) is 0 Å². The molecule has 1 aromatic heterocycles. The van der Waals surface area contributed by atoms with E-state index in [1.807, 2.05) is 0 Å². The standard InChI is InChI=1S/C10H12Cl2N2/c11-8-5-14-10(12)4-7(8)9(13)3-6-1-2-6/h4-6,9H,1-3,13H2/t9-/m0/s1. The number of nitrogens with zero attached hydrogens (tertiary/aromatic N) is 1. The highest BCUT2D eigenvalue weighted by molar-refractivity contribution is 6.32. The summed E-state index contributed by atoms with van der Waals surface area (Å²) in [6.45, 7) is 0. The van der Waals surface area contributed by atoms with Crippen LogP contribution in [0.25, 0.3) is 0 Å². The van der Waals surface area contributed by atoms with Gasteiger partial charge >= 0.3 is 0 Å². The Bertz CT molecular complexity index is 337. The Labute approximate surface area is 93.4 Å². The lowest BCUT2D eigenvalue weighted by atomic mass is 10.0. The summed E-state index contributed by atoms with van der Waals surface area (Å²) in [6, 6.07) is 1.76. The van der Waals surface area contributed by atoms with Gasteiger partial charge in [-0.3, -0.25) is 0 Å². The molecule has 76 valence electrons. The van der Waals surface area contributed by atoms with Crippen molar-refractivity contribution in [3.63, 3.8) is 0 Å². The number of pyridine rings is 1. The van der Waals surface area contributed by atoms with E-state index in [1.54, 1.807) is 12.3 Å². The lowest BCUT2D eigenvalue weighted by Crippen LogP contribution is -2.11. The molecule has 1 fully saturated rings. The number of nitrogens with two attached hydrogens (primary N) is 1. The van der Waals surface area contributed by atoms with Crippen molar-refractivity contribution in [3.8, 4) is 0 Å². The van der Waals surface area contributed by atoms with Crippen LogP contribution in [0.15, 0.2) is 12.3 Å². The third kappa shape index (κ3) is 2.38. The van der Waals surface area contributed by atoms with E-state index in [9.17, 15) is 0 Å². The number of hydrogen-bond acceptors (Lipinski definition) is 2. The Morgan fingerprint density at radius 1 is 1.50 bits per heavy atom. The fourth-order valence-electron chi connectivity index (χ4n) is 1.55. The van der Waals surface area contributed by atoms with Gasteiger partial charge in [-0.1, -0.05) is 36.0 Å². The van der Waals surface area contributed by atoms with Crippen molar-refractivity contribution in [1.82, 2.24) is 4.98 Å². The van der Waals surface area contributed by atoms with Gasteiger partial charge in [0.25, 0.3) is 0 Å². The van der Waals surface area contributed by atoms with Crippen molar-refractivity contribution < 1.29 is 0 Å². The molecule has 0 aliphatic heterocycles. The van der Waals surface area contributed by atoms with Gasteiger partial charge < -0.3 is 5.73 Å². The Morgan fingerprint density at radius 3 is 2.86 bits per heavy atom. The van der Waals surface area contributed by atoms with Gasteiger partial charge in [-0.05, 0) is 24.0 Å². The zero-order chi connectivity index (χ0) is 10.1. The van der Waals surface area contributed by atoms with Gasteiger partial charge in [-0.2, -0.15) is 0 Å². The lowest BCUT2D eigenvalue weighted by molar-refractivity contribution is 0.596. The summed E-state index contributed by atoms with van der Waals surface area (Å²) >= 11 is 11.8. The molecule has 0 bridgehead atoms. The molecular formula is C10H12Cl2N2. The SMILES string of the molecule is N[C@@H](CC1CC1)c1cc(Cl)ncc1Cl. The lowest BCUT2D eigenvalue weighted by Gasteiger charge is -2.12. The molecular weight excluding hydrogens is 219 g/mol. The van der Waals surface area contributed by atoms with Crippen LogP contribution in [0.5, 0.6) is 0 Å². The zero-order valence-electron chi connectivity index (χ0n) is 7.71. The molecule has 0 radical (unpaired) electrons. The third-order valence-corrected chi connectivity index (χ3v) is 3.06. The highest BCUT2D eigenvalue weighted by atomic mass is 35.5. The molecule has 0 spiro atoms. The van der Waals surface area contributed by atoms with Crippen LogP contribution in [-0.4, -0.2) is 4.98 Å². The van der Waals surface area contributed by atoms with Gasteiger partial charge in [0.15, 0.2) is 0 Å². The Morgan fingerprint density at radius 2 is 2.21 bits per heavy atom. The first-order chi connectivity index (χ1) is 6.66. The topological polar surface area (TPSA) is 38.9 Å². The van der Waals surface area contributed by atoms with Gasteiger partial charge in [0.1, 0.15) is 5.15 Å². The molecule has 0 unspecified atom stereocenters. The molecule has 1 aliphatic carbocycles. The average Bonchev–Trinajstić information content (AvgIpc) is 2.93. The van der Waals surface area contributed by atoms with Gasteiger partial charge in [0.2, 0.25) is 0 Å². The van der Waals surface area contributed by atoms with Crippen LogP contribution in [0.2, 0.25) is 10.2 Å². The van der Waals surface area contributed by atoms with E-state index in [4.69, 9.17) is 28.9 Å². The minimum Gasteiger partial charge on any atom is -0.324 e. The summed E-state index contributed by atoms with van der Waals surface area (Å²) in [6.07, 6.45) is 5.15. The van der Waals surface area contributed by atoms with E-state index in [2.05, 4.69) is 4.98 Å². The quantitative estimate of drug-likeness (QED) is 0.811. The van der Waals surface area contributed by atoms with E-state index < -0.39 is 0 Å². The first-order valence-electron chi connectivity index (χ1n) is 4.73. The van der Waals surface area contributed by atoms with Crippen LogP contribution < -0.4 is 5.73 Å². The van der Waals surface area contributed by atoms with Gasteiger partial charge in [0, 0.05) is 12.2 Å². The smallest absolute Gasteiger partial charge is 0.129 e. The van der Waals surface area contributed by atoms with Crippen LogP contribution in [0.4, 0.5) is 0 Å². The maximum atomic E-state index is 6.03. The normalized spacial score (nSPS) is 18.2. The Kier molecular flexibility index (Phi) is 2.96. The molecule has 1 aliphatic rings. The van der Waals surface area contributed by atoms with E-state index >= 15 is 0 Å². The van der Waals surface area contributed by atoms with Crippen LogP contribution in [0.1, 0.15) is 30.9 Å². The summed E-state index contributed by atoms with van der Waals surface area (Å²) in [7, 11) is 0. The van der Waals surface area contributed by atoms with Crippen molar-refractivity contribution >= 4 is 23.2 Å². The molecule has 2 nitrogen and oxygen atoms in total. The van der Waals surface area contributed by atoms with Gasteiger partial charge in [-0.15, -0.1) is 0 Å². The molecule has 2 rings (SSSR count). The highest BCUT2D eigenvalue weighted by Crippen LogP contribution is 2.38. The monoisotopic (exact) mass is 230 g/mol. The second-order valence-corrected chi connectivity index (χ2v) is 4.61. The summed E-state index contributed by atoms with van der Waals surface area (Å²) in [5, 5.41) is 1.07. The first-order valence-corrected chi connectivity index (χ1v) is 5.49. The van der Waals surface area contributed by atoms with E-state index in [-0.39, 0.29) is 6.04 Å². The number of aromatic nitrogens is 1. The van der Waals surface area contributed by atoms with Crippen LogP contribution >= 0.6 is 23.2 Å². The molecule has 0 aromatic carbocycles. The van der Waals surface area contributed by atoms with E-state index in [0.29, 0.717) is 10.2 Å². The van der Waals surface area contributed by atoms with Gasteiger partial charge in [-0.25, -0.2) is 4.98 Å². The molecule has 1 saturated carbocycles. The minimum atomic E-state index is -0.00417. The molecule has 0 saturated heterocycles. The maximum absolute atomic E-state index is 6.03. The van der Waals surface area contributed by atoms with Gasteiger partial charge in [0.05, 0.1) is 5.02 Å². The largest absolute Gasteiger partial charge is 0.324 e. The van der Waals surface area contributed by atoms with Crippen molar-refractivity contribution in [2.75, 3.05) is 0 Å². The highest BCUT2D eigenvalue weighted by Gasteiger charge is 2.25. The van der Waals surface area contributed by atoms with Crippen molar-refractivity contribution in [3.05, 3.63) is 28.0 Å². The maximum Gasteiger partial charge on any atom is 0.129 e. The van der Waals surface area contributed by atoms with Crippen molar-refractivity contribution in [2.24, 2.45) is 11.7 Å². The van der Waals surface area contributed by atoms with Crippen LogP contribution in [0, 0.1) is 5.92 Å². The number of hydrogen-bond donors (Lipinski definition) is 1. The predicted octanol–water partition coefficient (Wildman–Crippen LogP) is 3.19. The average molecular weight is 231 g/mol. The fraction of sp³-hybridized carbons (Fsp3) is 0.500.